The van der Waals surface area contributed by atoms with Crippen LogP contribution in [0.15, 0.2) is 0 Å². The first-order valence-corrected chi connectivity index (χ1v) is 11.3. The molecule has 4 aliphatic rings. The third kappa shape index (κ3) is 4.73. The Morgan fingerprint density at radius 2 is 2.08 bits per heavy atom. The van der Waals surface area contributed by atoms with E-state index in [0.717, 1.165) is 51.7 Å². The molecule has 3 saturated heterocycles. The van der Waals surface area contributed by atoms with E-state index >= 15 is 0 Å². The van der Waals surface area contributed by atoms with Crippen LogP contribution in [-0.4, -0.2) is 79.2 Å². The van der Waals surface area contributed by atoms with Gasteiger partial charge in [0.2, 0.25) is 5.91 Å². The summed E-state index contributed by atoms with van der Waals surface area (Å²) < 4.78 is 17.2. The number of thioether (sulfide) groups is 1. The summed E-state index contributed by atoms with van der Waals surface area (Å²) in [4.78, 5) is 15.1. The molecule has 1 N–H and O–H groups in total. The number of rotatable bonds is 6. The summed E-state index contributed by atoms with van der Waals surface area (Å²) in [5.74, 6) is 1.40. The van der Waals surface area contributed by atoms with Crippen LogP contribution in [0.25, 0.3) is 0 Å². The van der Waals surface area contributed by atoms with Gasteiger partial charge in [0.1, 0.15) is 13.4 Å². The molecule has 0 bridgehead atoms. The van der Waals surface area contributed by atoms with Crippen molar-refractivity contribution in [3.63, 3.8) is 0 Å². The van der Waals surface area contributed by atoms with Crippen LogP contribution in [0.1, 0.15) is 44.9 Å². The summed E-state index contributed by atoms with van der Waals surface area (Å²) in [5.41, 5.74) is 0. The van der Waals surface area contributed by atoms with Crippen molar-refractivity contribution in [3.8, 4) is 0 Å². The first-order chi connectivity index (χ1) is 12.8. The molecule has 0 radical (unpaired) electrons. The van der Waals surface area contributed by atoms with Gasteiger partial charge < -0.3 is 24.4 Å². The summed E-state index contributed by atoms with van der Waals surface area (Å²) in [6, 6.07) is 0.323. The van der Waals surface area contributed by atoms with E-state index in [9.17, 15) is 4.79 Å². The van der Waals surface area contributed by atoms with Gasteiger partial charge >= 0.3 is 0 Å². The number of hydrogen-bond donors (Lipinski definition) is 1. The molecule has 1 saturated carbocycles. The average Bonchev–Trinajstić information content (AvgIpc) is 3.36. The topological polar surface area (TPSA) is 60.0 Å². The lowest BCUT2D eigenvalue weighted by Crippen LogP contribution is -2.52. The summed E-state index contributed by atoms with van der Waals surface area (Å²) in [7, 11) is 0. The lowest BCUT2D eigenvalue weighted by atomic mass is 9.92. The monoisotopic (exact) mass is 384 g/mol. The van der Waals surface area contributed by atoms with Crippen molar-refractivity contribution in [2.24, 2.45) is 0 Å². The fraction of sp³-hybridized carbons (Fsp3) is 0.947. The van der Waals surface area contributed by atoms with Gasteiger partial charge in [-0.3, -0.25) is 4.79 Å². The van der Waals surface area contributed by atoms with E-state index < -0.39 is 0 Å². The van der Waals surface area contributed by atoms with Gasteiger partial charge in [0, 0.05) is 30.8 Å². The molecule has 26 heavy (non-hydrogen) atoms. The second-order valence-electron chi connectivity index (χ2n) is 7.96. The minimum absolute atomic E-state index is 0.120. The maximum absolute atomic E-state index is 13.0. The number of hydrogen-bond acceptors (Lipinski definition) is 6. The number of piperidine rings is 1. The fourth-order valence-corrected chi connectivity index (χ4v) is 5.90. The van der Waals surface area contributed by atoms with Crippen molar-refractivity contribution >= 4 is 17.7 Å². The first-order valence-electron chi connectivity index (χ1n) is 10.3. The lowest BCUT2D eigenvalue weighted by Gasteiger charge is -2.37. The largest absolute Gasteiger partial charge is 0.368 e. The smallest absolute Gasteiger partial charge is 0.248 e. The first kappa shape index (κ1) is 19.0. The number of fused-ring (bicyclic) bond motifs is 1. The van der Waals surface area contributed by atoms with Gasteiger partial charge in [0.25, 0.3) is 0 Å². The van der Waals surface area contributed by atoms with Gasteiger partial charge in [-0.25, -0.2) is 0 Å². The Morgan fingerprint density at radius 3 is 2.88 bits per heavy atom. The van der Waals surface area contributed by atoms with Gasteiger partial charge in [0.15, 0.2) is 0 Å². The zero-order valence-corrected chi connectivity index (χ0v) is 16.4. The maximum Gasteiger partial charge on any atom is 0.248 e. The molecule has 0 aromatic heterocycles. The van der Waals surface area contributed by atoms with E-state index in [1.165, 1.54) is 18.6 Å². The highest BCUT2D eigenvalue weighted by molar-refractivity contribution is 8.00. The number of carbonyl (C=O) groups is 1. The van der Waals surface area contributed by atoms with Crippen LogP contribution in [0.5, 0.6) is 0 Å². The van der Waals surface area contributed by atoms with Crippen LogP contribution < -0.4 is 5.32 Å². The molecule has 6 nitrogen and oxygen atoms in total. The average molecular weight is 385 g/mol. The molecule has 5 unspecified atom stereocenters. The molecule has 1 amide bonds. The van der Waals surface area contributed by atoms with Crippen molar-refractivity contribution in [1.82, 2.24) is 10.2 Å². The standard InChI is InChI=1S/C19H32N2O4S/c22-19(12-23-15-5-6-17-18(9-15)25-13-24-17)21(11-16-4-2-8-26-16)14-3-1-7-20-10-14/h14-18,20H,1-13H2. The van der Waals surface area contributed by atoms with Crippen LogP contribution in [0.4, 0.5) is 0 Å². The lowest BCUT2D eigenvalue weighted by molar-refractivity contribution is -0.142. The zero-order chi connectivity index (χ0) is 17.8. The molecule has 0 spiro atoms. The van der Waals surface area contributed by atoms with E-state index in [-0.39, 0.29) is 30.8 Å². The number of amides is 1. The Kier molecular flexibility index (Phi) is 6.75. The molecule has 7 heteroatoms. The normalized spacial score (nSPS) is 37.5. The molecular weight excluding hydrogens is 352 g/mol. The molecule has 5 atom stereocenters. The third-order valence-electron chi connectivity index (χ3n) is 6.15. The number of nitrogens with one attached hydrogen (secondary N) is 1. The van der Waals surface area contributed by atoms with Crippen molar-refractivity contribution in [2.45, 2.75) is 74.5 Å². The SMILES string of the molecule is O=C(COC1CCC2OCOC2C1)N(CC1CCCS1)C1CCCNC1. The summed E-state index contributed by atoms with van der Waals surface area (Å²) in [6.45, 7) is 3.48. The minimum Gasteiger partial charge on any atom is -0.368 e. The van der Waals surface area contributed by atoms with Gasteiger partial charge in [-0.1, -0.05) is 0 Å². The quantitative estimate of drug-likeness (QED) is 0.753. The Bertz CT molecular complexity index is 468. The van der Waals surface area contributed by atoms with E-state index in [1.54, 1.807) is 0 Å². The van der Waals surface area contributed by atoms with Gasteiger partial charge in [-0.2, -0.15) is 11.8 Å². The minimum atomic E-state index is 0.120. The predicted octanol–water partition coefficient (Wildman–Crippen LogP) is 1.77. The summed E-state index contributed by atoms with van der Waals surface area (Å²) in [6.07, 6.45) is 8.05. The summed E-state index contributed by atoms with van der Waals surface area (Å²) >= 11 is 2.02. The summed E-state index contributed by atoms with van der Waals surface area (Å²) in [5, 5.41) is 4.05. The Hall–Kier alpha value is -0.340. The molecule has 3 aliphatic heterocycles. The molecular formula is C19H32N2O4S. The van der Waals surface area contributed by atoms with E-state index in [1.807, 2.05) is 11.8 Å². The second-order valence-corrected chi connectivity index (χ2v) is 9.36. The van der Waals surface area contributed by atoms with Crippen LogP contribution >= 0.6 is 11.8 Å². The van der Waals surface area contributed by atoms with Crippen molar-refractivity contribution < 1.29 is 19.0 Å². The molecule has 4 fully saturated rings. The zero-order valence-electron chi connectivity index (χ0n) is 15.6. The third-order valence-corrected chi connectivity index (χ3v) is 7.53. The molecule has 4 rings (SSSR count). The highest BCUT2D eigenvalue weighted by Crippen LogP contribution is 2.31. The Labute approximate surface area is 160 Å². The molecule has 1 aliphatic carbocycles. The highest BCUT2D eigenvalue weighted by atomic mass is 32.2. The maximum atomic E-state index is 13.0. The fourth-order valence-electron chi connectivity index (χ4n) is 4.63. The van der Waals surface area contributed by atoms with Crippen molar-refractivity contribution in [2.75, 3.05) is 38.8 Å². The second kappa shape index (κ2) is 9.24. The van der Waals surface area contributed by atoms with Gasteiger partial charge in [-0.05, 0) is 50.8 Å². The molecule has 0 aromatic carbocycles. The van der Waals surface area contributed by atoms with Crippen LogP contribution in [-0.2, 0) is 19.0 Å². The molecule has 0 aromatic rings. The van der Waals surface area contributed by atoms with Crippen LogP contribution in [0.3, 0.4) is 0 Å². The van der Waals surface area contributed by atoms with Crippen molar-refractivity contribution in [3.05, 3.63) is 0 Å². The van der Waals surface area contributed by atoms with Crippen LogP contribution in [0, 0.1) is 0 Å². The predicted molar refractivity (Wildman–Crippen MR) is 101 cm³/mol. The number of nitrogens with zero attached hydrogens (tertiary/aromatic N) is 1. The van der Waals surface area contributed by atoms with Gasteiger partial charge in [-0.15, -0.1) is 0 Å². The molecule has 3 heterocycles. The van der Waals surface area contributed by atoms with E-state index in [2.05, 4.69) is 10.2 Å². The number of carbonyl (C=O) groups excluding carboxylic acids is 1. The van der Waals surface area contributed by atoms with Gasteiger partial charge in [0.05, 0.1) is 18.3 Å². The molecule has 148 valence electrons. The Morgan fingerprint density at radius 1 is 1.15 bits per heavy atom. The Balaban J connectivity index is 1.29. The van der Waals surface area contributed by atoms with E-state index in [0.29, 0.717) is 18.1 Å². The van der Waals surface area contributed by atoms with E-state index in [4.69, 9.17) is 14.2 Å². The highest BCUT2D eigenvalue weighted by Gasteiger charge is 2.37. The van der Waals surface area contributed by atoms with Crippen molar-refractivity contribution in [1.29, 1.82) is 0 Å². The number of ether oxygens (including phenoxy) is 3. The van der Waals surface area contributed by atoms with Crippen LogP contribution in [0.2, 0.25) is 0 Å².